The van der Waals surface area contributed by atoms with Gasteiger partial charge < -0.3 is 4.90 Å². The fraction of sp³-hybridized carbons (Fsp3) is 0.400. The fourth-order valence-electron chi connectivity index (χ4n) is 3.54. The van der Waals surface area contributed by atoms with Crippen LogP contribution in [0.15, 0.2) is 53.4 Å². The van der Waals surface area contributed by atoms with Crippen molar-refractivity contribution in [3.05, 3.63) is 64.2 Å². The van der Waals surface area contributed by atoms with Gasteiger partial charge in [-0.1, -0.05) is 18.2 Å². The molecule has 0 aromatic heterocycles. The molecule has 1 N–H and O–H groups in total. The fourth-order valence-corrected chi connectivity index (χ4v) is 4.62. The summed E-state index contributed by atoms with van der Waals surface area (Å²) in [7, 11) is 0.0849. The van der Waals surface area contributed by atoms with E-state index >= 15 is 0 Å². The summed E-state index contributed by atoms with van der Waals surface area (Å²) in [6, 6.07) is 13.1. The third kappa shape index (κ3) is 5.11. The van der Waals surface area contributed by atoms with Crippen LogP contribution in [0.2, 0.25) is 0 Å². The standard InChI is InChI=1S/C20H26N4O4S/c1-22(2)17-10-8-16(9-11-17)20(23-12-3-4-13-23)15-21-29(27,28)19-7-5-6-18(14-19)24(25)26/h5-11,14,20-21H,3-4,12-13,15H2,1-2H3/t20-/m0/s1. The van der Waals surface area contributed by atoms with Crippen LogP contribution in [-0.4, -0.2) is 52.0 Å². The number of nitrogens with zero attached hydrogens (tertiary/aromatic N) is 3. The average Bonchev–Trinajstić information content (AvgIpc) is 3.23. The number of nitro groups is 1. The number of benzene rings is 2. The topological polar surface area (TPSA) is 95.8 Å². The number of likely N-dealkylation sites (tertiary alicyclic amines) is 1. The monoisotopic (exact) mass is 418 g/mol. The van der Waals surface area contributed by atoms with Crippen LogP contribution in [0.1, 0.15) is 24.4 Å². The molecule has 1 saturated heterocycles. The lowest BCUT2D eigenvalue weighted by Crippen LogP contribution is -2.36. The van der Waals surface area contributed by atoms with Gasteiger partial charge >= 0.3 is 0 Å². The highest BCUT2D eigenvalue weighted by atomic mass is 32.2. The Balaban J connectivity index is 1.81. The van der Waals surface area contributed by atoms with Crippen LogP contribution in [0, 0.1) is 10.1 Å². The molecule has 156 valence electrons. The lowest BCUT2D eigenvalue weighted by molar-refractivity contribution is -0.385. The Hall–Kier alpha value is -2.49. The maximum atomic E-state index is 12.7. The zero-order valence-electron chi connectivity index (χ0n) is 16.6. The van der Waals surface area contributed by atoms with Crippen molar-refractivity contribution in [1.29, 1.82) is 0 Å². The second kappa shape index (κ2) is 8.89. The average molecular weight is 419 g/mol. The van der Waals surface area contributed by atoms with Crippen molar-refractivity contribution in [2.45, 2.75) is 23.8 Å². The number of non-ortho nitro benzene ring substituents is 1. The molecular formula is C20H26N4O4S. The van der Waals surface area contributed by atoms with Crippen LogP contribution in [0.3, 0.4) is 0 Å². The Labute approximate surface area is 171 Å². The van der Waals surface area contributed by atoms with Crippen LogP contribution in [-0.2, 0) is 10.0 Å². The van der Waals surface area contributed by atoms with Crippen LogP contribution in [0.4, 0.5) is 11.4 Å². The number of nitrogens with one attached hydrogen (secondary N) is 1. The van der Waals surface area contributed by atoms with Crippen molar-refractivity contribution in [3.63, 3.8) is 0 Å². The second-order valence-electron chi connectivity index (χ2n) is 7.35. The summed E-state index contributed by atoms with van der Waals surface area (Å²) < 4.78 is 28.1. The minimum atomic E-state index is -3.86. The Morgan fingerprint density at radius 2 is 1.79 bits per heavy atom. The minimum absolute atomic E-state index is 0.0952. The molecule has 0 spiro atoms. The lowest BCUT2D eigenvalue weighted by atomic mass is 10.1. The number of rotatable bonds is 8. The number of hydrogen-bond acceptors (Lipinski definition) is 6. The third-order valence-corrected chi connectivity index (χ3v) is 6.60. The highest BCUT2D eigenvalue weighted by Gasteiger charge is 2.26. The molecule has 8 nitrogen and oxygen atoms in total. The first-order valence-corrected chi connectivity index (χ1v) is 11.0. The Bertz CT molecular complexity index is 955. The summed E-state index contributed by atoms with van der Waals surface area (Å²) in [5.74, 6) is 0. The highest BCUT2D eigenvalue weighted by Crippen LogP contribution is 2.27. The van der Waals surface area contributed by atoms with Crippen molar-refractivity contribution < 1.29 is 13.3 Å². The summed E-state index contributed by atoms with van der Waals surface area (Å²) in [5.41, 5.74) is 1.87. The largest absolute Gasteiger partial charge is 0.378 e. The molecule has 3 rings (SSSR count). The summed E-state index contributed by atoms with van der Waals surface area (Å²) in [6.45, 7) is 2.03. The SMILES string of the molecule is CN(C)c1ccc([C@H](CNS(=O)(=O)c2cccc([N+](=O)[O-])c2)N2CCCC2)cc1. The first-order chi connectivity index (χ1) is 13.8. The number of hydrogen-bond donors (Lipinski definition) is 1. The lowest BCUT2D eigenvalue weighted by Gasteiger charge is -2.28. The molecule has 29 heavy (non-hydrogen) atoms. The smallest absolute Gasteiger partial charge is 0.270 e. The van der Waals surface area contributed by atoms with E-state index in [0.29, 0.717) is 0 Å². The van der Waals surface area contributed by atoms with Crippen molar-refractivity contribution in [3.8, 4) is 0 Å². The highest BCUT2D eigenvalue weighted by molar-refractivity contribution is 7.89. The molecule has 0 saturated carbocycles. The van der Waals surface area contributed by atoms with E-state index in [1.165, 1.54) is 18.2 Å². The maximum Gasteiger partial charge on any atom is 0.270 e. The van der Waals surface area contributed by atoms with E-state index in [4.69, 9.17) is 0 Å². The molecule has 0 unspecified atom stereocenters. The van der Waals surface area contributed by atoms with E-state index in [1.807, 2.05) is 43.3 Å². The van der Waals surface area contributed by atoms with Crippen molar-refractivity contribution in [2.75, 3.05) is 38.6 Å². The normalized spacial score (nSPS) is 15.9. The molecule has 1 heterocycles. The van der Waals surface area contributed by atoms with Gasteiger partial charge in [0.1, 0.15) is 0 Å². The molecule has 2 aromatic carbocycles. The van der Waals surface area contributed by atoms with Gasteiger partial charge in [0.15, 0.2) is 0 Å². The molecule has 9 heteroatoms. The predicted molar refractivity (Wildman–Crippen MR) is 113 cm³/mol. The van der Waals surface area contributed by atoms with Gasteiger partial charge in [-0.25, -0.2) is 13.1 Å². The molecule has 0 bridgehead atoms. The number of nitro benzene ring substituents is 1. The van der Waals surface area contributed by atoms with Crippen molar-refractivity contribution in [2.24, 2.45) is 0 Å². The number of sulfonamides is 1. The molecule has 1 aliphatic rings. The predicted octanol–water partition coefficient (Wildman–Crippen LogP) is 2.78. The van der Waals surface area contributed by atoms with E-state index < -0.39 is 14.9 Å². The first-order valence-electron chi connectivity index (χ1n) is 9.53. The molecule has 0 radical (unpaired) electrons. The maximum absolute atomic E-state index is 12.7. The minimum Gasteiger partial charge on any atom is -0.378 e. The summed E-state index contributed by atoms with van der Waals surface area (Å²) >= 11 is 0. The van der Waals surface area contributed by atoms with Crippen LogP contribution in [0.5, 0.6) is 0 Å². The molecule has 1 atom stereocenters. The Morgan fingerprint density at radius 1 is 1.14 bits per heavy atom. The molecule has 2 aromatic rings. The van der Waals surface area contributed by atoms with Gasteiger partial charge in [0, 0.05) is 44.5 Å². The number of anilines is 1. The van der Waals surface area contributed by atoms with Gasteiger partial charge in [-0.15, -0.1) is 0 Å². The van der Waals surface area contributed by atoms with Crippen molar-refractivity contribution >= 4 is 21.4 Å². The molecule has 0 aliphatic carbocycles. The van der Waals surface area contributed by atoms with E-state index in [0.717, 1.165) is 43.2 Å². The zero-order chi connectivity index (χ0) is 21.0. The van der Waals surface area contributed by atoms with Crippen LogP contribution in [0.25, 0.3) is 0 Å². The van der Waals surface area contributed by atoms with Gasteiger partial charge in [0.05, 0.1) is 9.82 Å². The van der Waals surface area contributed by atoms with Gasteiger partial charge in [0.25, 0.3) is 5.69 Å². The summed E-state index contributed by atoms with van der Waals surface area (Å²) in [5, 5.41) is 11.0. The summed E-state index contributed by atoms with van der Waals surface area (Å²) in [6.07, 6.45) is 2.17. The van der Waals surface area contributed by atoms with E-state index in [2.05, 4.69) is 9.62 Å². The Kier molecular flexibility index (Phi) is 6.51. The van der Waals surface area contributed by atoms with Gasteiger partial charge in [-0.3, -0.25) is 15.0 Å². The quantitative estimate of drug-likeness (QED) is 0.523. The van der Waals surface area contributed by atoms with Crippen molar-refractivity contribution in [1.82, 2.24) is 9.62 Å². The second-order valence-corrected chi connectivity index (χ2v) is 9.12. The summed E-state index contributed by atoms with van der Waals surface area (Å²) in [4.78, 5) is 14.6. The zero-order valence-corrected chi connectivity index (χ0v) is 17.4. The molecule has 1 aliphatic heterocycles. The molecule has 0 amide bonds. The first kappa shape index (κ1) is 21.2. The van der Waals surface area contributed by atoms with Crippen LogP contribution < -0.4 is 9.62 Å². The van der Waals surface area contributed by atoms with E-state index in [-0.39, 0.29) is 23.2 Å². The molecule has 1 fully saturated rings. The molecular weight excluding hydrogens is 392 g/mol. The van der Waals surface area contributed by atoms with Gasteiger partial charge in [-0.05, 0) is 49.7 Å². The Morgan fingerprint density at radius 3 is 2.38 bits per heavy atom. The van der Waals surface area contributed by atoms with Gasteiger partial charge in [-0.2, -0.15) is 0 Å². The van der Waals surface area contributed by atoms with E-state index in [9.17, 15) is 18.5 Å². The van der Waals surface area contributed by atoms with E-state index in [1.54, 1.807) is 0 Å². The van der Waals surface area contributed by atoms with Gasteiger partial charge in [0.2, 0.25) is 10.0 Å². The third-order valence-electron chi connectivity index (χ3n) is 5.18. The van der Waals surface area contributed by atoms with Crippen LogP contribution >= 0.6 is 0 Å².